The number of hydrogen-bond donors (Lipinski definition) is 3. The summed E-state index contributed by atoms with van der Waals surface area (Å²) in [6.07, 6.45) is 2.94. The first kappa shape index (κ1) is 26.8. The van der Waals surface area contributed by atoms with Crippen LogP contribution in [0.4, 0.5) is 0 Å². The average molecular weight is 449 g/mol. The quantitative estimate of drug-likeness (QED) is 0.407. The number of carboxylic acids is 2. The van der Waals surface area contributed by atoms with Crippen molar-refractivity contribution in [2.75, 3.05) is 26.7 Å². The second-order valence-electron chi connectivity index (χ2n) is 7.84. The molecular weight excluding hydrogens is 416 g/mol. The largest absolute Gasteiger partial charge is 0.478 e. The Kier molecular flexibility index (Phi) is 11.7. The molecular formula is C23H32N2O7. The van der Waals surface area contributed by atoms with Crippen LogP contribution in [0.1, 0.15) is 42.6 Å². The monoisotopic (exact) mass is 448 g/mol. The molecule has 0 atom stereocenters. The third-order valence-electron chi connectivity index (χ3n) is 4.70. The zero-order chi connectivity index (χ0) is 24.1. The van der Waals surface area contributed by atoms with E-state index >= 15 is 0 Å². The molecule has 0 radical (unpaired) electrons. The first-order chi connectivity index (χ1) is 15.1. The van der Waals surface area contributed by atoms with Gasteiger partial charge in [0.25, 0.3) is 0 Å². The third-order valence-corrected chi connectivity index (χ3v) is 4.70. The second-order valence-corrected chi connectivity index (χ2v) is 7.84. The number of rotatable bonds is 8. The number of esters is 1. The zero-order valence-corrected chi connectivity index (χ0v) is 18.7. The minimum atomic E-state index is -1.26. The van der Waals surface area contributed by atoms with Crippen LogP contribution in [0.3, 0.4) is 0 Å². The fourth-order valence-corrected chi connectivity index (χ4v) is 3.23. The Hall–Kier alpha value is -3.20. The van der Waals surface area contributed by atoms with Crippen molar-refractivity contribution in [2.45, 2.75) is 33.2 Å². The van der Waals surface area contributed by atoms with Crippen molar-refractivity contribution in [3.05, 3.63) is 47.5 Å². The molecule has 0 aromatic heterocycles. The normalized spacial score (nSPS) is 13.9. The summed E-state index contributed by atoms with van der Waals surface area (Å²) in [6.45, 7) is 7.43. The summed E-state index contributed by atoms with van der Waals surface area (Å²) in [6, 6.07) is 7.30. The SMILES string of the molecule is COC(=O)c1ccc(CN(CC(C)C)C(=O)C2CCNCC2)cc1.O=C(O)/C=C/C(=O)O. The Labute approximate surface area is 188 Å². The van der Waals surface area contributed by atoms with Crippen LogP contribution in [-0.2, 0) is 25.7 Å². The maximum atomic E-state index is 12.9. The van der Waals surface area contributed by atoms with Crippen molar-refractivity contribution in [3.8, 4) is 0 Å². The number of carbonyl (C=O) groups is 4. The van der Waals surface area contributed by atoms with Crippen LogP contribution in [0.5, 0.6) is 0 Å². The van der Waals surface area contributed by atoms with E-state index < -0.39 is 11.9 Å². The Bertz CT molecular complexity index is 781. The zero-order valence-electron chi connectivity index (χ0n) is 18.7. The summed E-state index contributed by atoms with van der Waals surface area (Å²) in [5.41, 5.74) is 1.56. The number of piperidine rings is 1. The van der Waals surface area contributed by atoms with Crippen molar-refractivity contribution in [3.63, 3.8) is 0 Å². The van der Waals surface area contributed by atoms with Gasteiger partial charge in [0, 0.05) is 31.2 Å². The fraction of sp³-hybridized carbons (Fsp3) is 0.478. The van der Waals surface area contributed by atoms with Crippen LogP contribution in [0.25, 0.3) is 0 Å². The molecule has 9 heteroatoms. The summed E-state index contributed by atoms with van der Waals surface area (Å²) in [7, 11) is 1.37. The van der Waals surface area contributed by atoms with Gasteiger partial charge in [0.15, 0.2) is 0 Å². The summed E-state index contributed by atoms with van der Waals surface area (Å²) < 4.78 is 4.72. The van der Waals surface area contributed by atoms with E-state index in [1.807, 2.05) is 17.0 Å². The standard InChI is InChI=1S/C19H28N2O3.C4H4O4/c1-14(2)12-21(18(22)16-8-10-20-11-9-16)13-15-4-6-17(7-5-15)19(23)24-3;5-3(6)1-2-4(7)8/h4-7,14,16,20H,8-13H2,1-3H3;1-2H,(H,5,6)(H,7,8)/b;2-1+. The minimum Gasteiger partial charge on any atom is -0.478 e. The molecule has 3 N–H and O–H groups in total. The van der Waals surface area contributed by atoms with Crippen LogP contribution < -0.4 is 5.32 Å². The fourth-order valence-electron chi connectivity index (χ4n) is 3.23. The number of nitrogens with zero attached hydrogens (tertiary/aromatic N) is 1. The molecule has 1 aromatic rings. The van der Waals surface area contributed by atoms with Crippen LogP contribution in [-0.4, -0.2) is 65.7 Å². The first-order valence-electron chi connectivity index (χ1n) is 10.4. The second kappa shape index (κ2) is 14.0. The van der Waals surface area contributed by atoms with Crippen LogP contribution in [0.2, 0.25) is 0 Å². The highest BCUT2D eigenvalue weighted by Gasteiger charge is 2.26. The first-order valence-corrected chi connectivity index (χ1v) is 10.4. The molecule has 9 nitrogen and oxygen atoms in total. The lowest BCUT2D eigenvalue weighted by Gasteiger charge is -2.31. The van der Waals surface area contributed by atoms with Crippen molar-refractivity contribution in [1.82, 2.24) is 10.2 Å². The molecule has 0 saturated carbocycles. The molecule has 1 amide bonds. The molecule has 1 fully saturated rings. The number of methoxy groups -OCH3 is 1. The van der Waals surface area contributed by atoms with Crippen molar-refractivity contribution >= 4 is 23.8 Å². The Balaban J connectivity index is 0.000000547. The molecule has 0 unspecified atom stereocenters. The van der Waals surface area contributed by atoms with Gasteiger partial charge in [0.2, 0.25) is 5.91 Å². The van der Waals surface area contributed by atoms with Crippen LogP contribution in [0, 0.1) is 11.8 Å². The summed E-state index contributed by atoms with van der Waals surface area (Å²) >= 11 is 0. The third kappa shape index (κ3) is 10.2. The highest BCUT2D eigenvalue weighted by atomic mass is 16.5. The van der Waals surface area contributed by atoms with E-state index in [0.717, 1.165) is 38.0 Å². The van der Waals surface area contributed by atoms with Gasteiger partial charge in [0.05, 0.1) is 12.7 Å². The molecule has 2 rings (SSSR count). The molecule has 0 spiro atoms. The number of ether oxygens (including phenoxy) is 1. The van der Waals surface area contributed by atoms with E-state index in [9.17, 15) is 19.2 Å². The number of amides is 1. The predicted molar refractivity (Wildman–Crippen MR) is 118 cm³/mol. The van der Waals surface area contributed by atoms with Crippen molar-refractivity contribution in [1.29, 1.82) is 0 Å². The smallest absolute Gasteiger partial charge is 0.337 e. The van der Waals surface area contributed by atoms with Gasteiger partial charge in [-0.3, -0.25) is 4.79 Å². The molecule has 1 aliphatic rings. The Morgan fingerprint density at radius 1 is 1.06 bits per heavy atom. The number of aliphatic carboxylic acids is 2. The summed E-state index contributed by atoms with van der Waals surface area (Å²) in [5, 5.41) is 18.9. The average Bonchev–Trinajstić information content (AvgIpc) is 2.77. The number of nitrogens with one attached hydrogen (secondary N) is 1. The lowest BCUT2D eigenvalue weighted by Crippen LogP contribution is -2.42. The van der Waals surface area contributed by atoms with Gasteiger partial charge in [-0.15, -0.1) is 0 Å². The molecule has 0 aliphatic carbocycles. The highest BCUT2D eigenvalue weighted by Crippen LogP contribution is 2.19. The maximum Gasteiger partial charge on any atom is 0.337 e. The minimum absolute atomic E-state index is 0.124. The van der Waals surface area contributed by atoms with E-state index in [4.69, 9.17) is 14.9 Å². The van der Waals surface area contributed by atoms with Gasteiger partial charge in [-0.2, -0.15) is 0 Å². The molecule has 176 valence electrons. The van der Waals surface area contributed by atoms with E-state index in [-0.39, 0.29) is 17.8 Å². The van der Waals surface area contributed by atoms with Crippen molar-refractivity contribution in [2.24, 2.45) is 11.8 Å². The number of carbonyl (C=O) groups excluding carboxylic acids is 2. The lowest BCUT2D eigenvalue weighted by molar-refractivity contribution is -0.137. The predicted octanol–water partition coefficient (Wildman–Crippen LogP) is 2.17. The van der Waals surface area contributed by atoms with Crippen LogP contribution in [0.15, 0.2) is 36.4 Å². The highest BCUT2D eigenvalue weighted by molar-refractivity contribution is 5.90. The molecule has 32 heavy (non-hydrogen) atoms. The Morgan fingerprint density at radius 2 is 1.59 bits per heavy atom. The number of hydrogen-bond acceptors (Lipinski definition) is 6. The maximum absolute atomic E-state index is 12.9. The van der Waals surface area contributed by atoms with Crippen molar-refractivity contribution < 1.29 is 34.1 Å². The van der Waals surface area contributed by atoms with E-state index in [0.29, 0.717) is 30.2 Å². The lowest BCUT2D eigenvalue weighted by atomic mass is 9.95. The molecule has 1 aliphatic heterocycles. The van der Waals surface area contributed by atoms with Gasteiger partial charge >= 0.3 is 17.9 Å². The van der Waals surface area contributed by atoms with Gasteiger partial charge in [-0.1, -0.05) is 26.0 Å². The van der Waals surface area contributed by atoms with Gasteiger partial charge in [-0.05, 0) is 49.5 Å². The molecule has 1 saturated heterocycles. The topological polar surface area (TPSA) is 133 Å². The van der Waals surface area contributed by atoms with E-state index in [2.05, 4.69) is 19.2 Å². The van der Waals surface area contributed by atoms with E-state index in [1.165, 1.54) is 7.11 Å². The molecule has 1 heterocycles. The molecule has 1 aromatic carbocycles. The number of benzene rings is 1. The van der Waals surface area contributed by atoms with Crippen LogP contribution >= 0.6 is 0 Å². The summed E-state index contributed by atoms with van der Waals surface area (Å²) in [4.78, 5) is 45.5. The number of carboxylic acid groups (broad SMARTS) is 2. The van der Waals surface area contributed by atoms with E-state index in [1.54, 1.807) is 12.1 Å². The molecule has 0 bridgehead atoms. The summed E-state index contributed by atoms with van der Waals surface area (Å²) in [5.74, 6) is -2.06. The van der Waals surface area contributed by atoms with Gasteiger partial charge in [-0.25, -0.2) is 14.4 Å². The Morgan fingerprint density at radius 3 is 2.03 bits per heavy atom. The van der Waals surface area contributed by atoms with Gasteiger partial charge < -0.3 is 25.2 Å². The van der Waals surface area contributed by atoms with Gasteiger partial charge in [0.1, 0.15) is 0 Å².